The molecule has 5 heteroatoms. The van der Waals surface area contributed by atoms with Gasteiger partial charge in [-0.3, -0.25) is 0 Å². The molecule has 2 rings (SSSR count). The minimum atomic E-state index is -0.687. The van der Waals surface area contributed by atoms with Crippen molar-refractivity contribution in [1.82, 2.24) is 10.6 Å². The number of hydrogen-bond acceptors (Lipinski definition) is 3. The van der Waals surface area contributed by atoms with E-state index in [0.29, 0.717) is 19.3 Å². The first-order chi connectivity index (χ1) is 11.2. The molecule has 23 heavy (non-hydrogen) atoms. The minimum Gasteiger partial charge on any atom is -0.387 e. The number of amides is 2. The number of carbonyl (C=O) groups excluding carboxylic acids is 1. The van der Waals surface area contributed by atoms with Crippen molar-refractivity contribution in [2.75, 3.05) is 19.7 Å². The summed E-state index contributed by atoms with van der Waals surface area (Å²) in [6.45, 7) is 3.42. The molecule has 0 bridgehead atoms. The molecule has 1 saturated carbocycles. The Bertz CT molecular complexity index is 487. The van der Waals surface area contributed by atoms with E-state index in [1.165, 1.54) is 25.7 Å². The standard InChI is InChI=1S/C18H28N2O3/c1-14-7-2-5-10-16(14)17(21)13-20-18(22)19-11-6-12-23-15-8-3-4-9-15/h2,5,7,10,15,17,21H,3-4,6,8-9,11-13H2,1H3,(H2,19,20,22)/t17-/m1/s1. The van der Waals surface area contributed by atoms with Crippen LogP contribution in [0.3, 0.4) is 0 Å². The summed E-state index contributed by atoms with van der Waals surface area (Å²) in [4.78, 5) is 11.7. The van der Waals surface area contributed by atoms with Crippen molar-refractivity contribution in [2.45, 2.75) is 51.2 Å². The van der Waals surface area contributed by atoms with E-state index in [9.17, 15) is 9.90 Å². The Kier molecular flexibility index (Phi) is 7.36. The molecule has 3 N–H and O–H groups in total. The summed E-state index contributed by atoms with van der Waals surface area (Å²) in [5.41, 5.74) is 1.86. The second-order valence-corrected chi connectivity index (χ2v) is 6.14. The summed E-state index contributed by atoms with van der Waals surface area (Å²) >= 11 is 0. The maximum atomic E-state index is 11.7. The molecular weight excluding hydrogens is 292 g/mol. The highest BCUT2D eigenvalue weighted by Gasteiger charge is 2.14. The van der Waals surface area contributed by atoms with Crippen LogP contribution < -0.4 is 10.6 Å². The average molecular weight is 320 g/mol. The Morgan fingerprint density at radius 1 is 1.30 bits per heavy atom. The number of ether oxygens (including phenoxy) is 1. The summed E-state index contributed by atoms with van der Waals surface area (Å²) in [5.74, 6) is 0. The van der Waals surface area contributed by atoms with E-state index in [0.717, 1.165) is 17.5 Å². The van der Waals surface area contributed by atoms with Gasteiger partial charge in [-0.15, -0.1) is 0 Å². The van der Waals surface area contributed by atoms with Crippen LogP contribution in [0.2, 0.25) is 0 Å². The minimum absolute atomic E-state index is 0.204. The van der Waals surface area contributed by atoms with Gasteiger partial charge in [0, 0.05) is 19.7 Å². The fourth-order valence-corrected chi connectivity index (χ4v) is 2.90. The second kappa shape index (κ2) is 9.53. The average Bonchev–Trinajstić information content (AvgIpc) is 3.06. The van der Waals surface area contributed by atoms with E-state index in [1.54, 1.807) is 0 Å². The second-order valence-electron chi connectivity index (χ2n) is 6.14. The van der Waals surface area contributed by atoms with Crippen molar-refractivity contribution < 1.29 is 14.6 Å². The number of aryl methyl sites for hydroxylation is 1. The lowest BCUT2D eigenvalue weighted by Crippen LogP contribution is -2.38. The molecule has 5 nitrogen and oxygen atoms in total. The number of aliphatic hydroxyl groups excluding tert-OH is 1. The van der Waals surface area contributed by atoms with Crippen molar-refractivity contribution in [3.63, 3.8) is 0 Å². The predicted molar refractivity (Wildman–Crippen MR) is 90.4 cm³/mol. The lowest BCUT2D eigenvalue weighted by atomic mass is 10.0. The summed E-state index contributed by atoms with van der Waals surface area (Å²) in [6, 6.07) is 7.39. The number of urea groups is 1. The highest BCUT2D eigenvalue weighted by molar-refractivity contribution is 5.73. The molecule has 1 atom stereocenters. The number of benzene rings is 1. The summed E-state index contributed by atoms with van der Waals surface area (Å²) in [7, 11) is 0. The molecule has 1 aliphatic carbocycles. The van der Waals surface area contributed by atoms with Crippen LogP contribution in [0.25, 0.3) is 0 Å². The first kappa shape index (κ1) is 17.8. The summed E-state index contributed by atoms with van der Waals surface area (Å²) in [5, 5.41) is 15.6. The van der Waals surface area contributed by atoms with Gasteiger partial charge in [0.15, 0.2) is 0 Å². The van der Waals surface area contributed by atoms with Crippen LogP contribution in [0, 0.1) is 6.92 Å². The molecule has 0 aromatic heterocycles. The van der Waals surface area contributed by atoms with Gasteiger partial charge in [0.25, 0.3) is 0 Å². The molecule has 1 aliphatic rings. The van der Waals surface area contributed by atoms with Gasteiger partial charge in [-0.25, -0.2) is 4.79 Å². The van der Waals surface area contributed by atoms with E-state index in [-0.39, 0.29) is 12.6 Å². The largest absolute Gasteiger partial charge is 0.387 e. The van der Waals surface area contributed by atoms with E-state index < -0.39 is 6.10 Å². The molecule has 0 unspecified atom stereocenters. The van der Waals surface area contributed by atoms with Gasteiger partial charge in [-0.05, 0) is 37.3 Å². The third-order valence-corrected chi connectivity index (χ3v) is 4.27. The maximum absolute atomic E-state index is 11.7. The van der Waals surface area contributed by atoms with Gasteiger partial charge < -0.3 is 20.5 Å². The van der Waals surface area contributed by atoms with Crippen LogP contribution >= 0.6 is 0 Å². The Morgan fingerprint density at radius 2 is 2.04 bits per heavy atom. The van der Waals surface area contributed by atoms with Crippen molar-refractivity contribution in [1.29, 1.82) is 0 Å². The fourth-order valence-electron chi connectivity index (χ4n) is 2.90. The summed E-state index contributed by atoms with van der Waals surface area (Å²) < 4.78 is 5.74. The zero-order valence-electron chi connectivity index (χ0n) is 13.9. The van der Waals surface area contributed by atoms with Crippen LogP contribution in [0.5, 0.6) is 0 Å². The smallest absolute Gasteiger partial charge is 0.314 e. The predicted octanol–water partition coefficient (Wildman–Crippen LogP) is 2.68. The molecule has 0 saturated heterocycles. The number of rotatable bonds is 8. The monoisotopic (exact) mass is 320 g/mol. The van der Waals surface area contributed by atoms with Crippen LogP contribution in [-0.2, 0) is 4.74 Å². The third kappa shape index (κ3) is 6.20. The fraction of sp³-hybridized carbons (Fsp3) is 0.611. The molecule has 2 amide bonds. The lowest BCUT2D eigenvalue weighted by molar-refractivity contribution is 0.0571. The van der Waals surface area contributed by atoms with Gasteiger partial charge in [-0.2, -0.15) is 0 Å². The topological polar surface area (TPSA) is 70.6 Å². The molecule has 1 aromatic carbocycles. The number of nitrogens with one attached hydrogen (secondary N) is 2. The number of carbonyl (C=O) groups is 1. The highest BCUT2D eigenvalue weighted by atomic mass is 16.5. The van der Waals surface area contributed by atoms with Gasteiger partial charge in [-0.1, -0.05) is 37.1 Å². The Balaban J connectivity index is 1.55. The number of aliphatic hydroxyl groups is 1. The zero-order valence-corrected chi connectivity index (χ0v) is 13.9. The van der Waals surface area contributed by atoms with Gasteiger partial charge in [0.2, 0.25) is 0 Å². The van der Waals surface area contributed by atoms with Crippen molar-refractivity contribution >= 4 is 6.03 Å². The molecular formula is C18H28N2O3. The van der Waals surface area contributed by atoms with E-state index in [2.05, 4.69) is 10.6 Å². The Labute approximate surface area is 138 Å². The molecule has 0 aliphatic heterocycles. The maximum Gasteiger partial charge on any atom is 0.314 e. The van der Waals surface area contributed by atoms with Gasteiger partial charge >= 0.3 is 6.03 Å². The van der Waals surface area contributed by atoms with Gasteiger partial charge in [0.05, 0.1) is 12.2 Å². The first-order valence-corrected chi connectivity index (χ1v) is 8.53. The molecule has 0 radical (unpaired) electrons. The van der Waals surface area contributed by atoms with Crippen LogP contribution in [0.15, 0.2) is 24.3 Å². The van der Waals surface area contributed by atoms with Crippen molar-refractivity contribution in [3.8, 4) is 0 Å². The zero-order chi connectivity index (χ0) is 16.5. The van der Waals surface area contributed by atoms with Gasteiger partial charge in [0.1, 0.15) is 0 Å². The van der Waals surface area contributed by atoms with Crippen LogP contribution in [0.1, 0.15) is 49.3 Å². The Morgan fingerprint density at radius 3 is 2.78 bits per heavy atom. The van der Waals surface area contributed by atoms with Crippen molar-refractivity contribution in [3.05, 3.63) is 35.4 Å². The molecule has 0 heterocycles. The van der Waals surface area contributed by atoms with E-state index in [1.807, 2.05) is 31.2 Å². The SMILES string of the molecule is Cc1ccccc1[C@H](O)CNC(=O)NCCCOC1CCCC1. The molecule has 1 aromatic rings. The van der Waals surface area contributed by atoms with Crippen LogP contribution in [0.4, 0.5) is 4.79 Å². The quantitative estimate of drug-likeness (QED) is 0.645. The lowest BCUT2D eigenvalue weighted by Gasteiger charge is -2.15. The Hall–Kier alpha value is -1.59. The number of hydrogen-bond donors (Lipinski definition) is 3. The normalized spacial score (nSPS) is 16.3. The van der Waals surface area contributed by atoms with Crippen molar-refractivity contribution in [2.24, 2.45) is 0 Å². The van der Waals surface area contributed by atoms with Crippen LogP contribution in [-0.4, -0.2) is 36.9 Å². The first-order valence-electron chi connectivity index (χ1n) is 8.53. The van der Waals surface area contributed by atoms with E-state index >= 15 is 0 Å². The summed E-state index contributed by atoms with van der Waals surface area (Å²) in [6.07, 6.45) is 5.43. The highest BCUT2D eigenvalue weighted by Crippen LogP contribution is 2.20. The molecule has 0 spiro atoms. The van der Waals surface area contributed by atoms with E-state index in [4.69, 9.17) is 4.74 Å². The third-order valence-electron chi connectivity index (χ3n) is 4.27. The molecule has 1 fully saturated rings. The molecule has 128 valence electrons.